The van der Waals surface area contributed by atoms with Crippen LogP contribution in [-0.2, 0) is 0 Å². The van der Waals surface area contributed by atoms with Crippen LogP contribution in [-0.4, -0.2) is 57.5 Å². The summed E-state index contributed by atoms with van der Waals surface area (Å²) in [5.74, 6) is 0.0436. The van der Waals surface area contributed by atoms with E-state index in [1.165, 1.54) is 37.3 Å². The summed E-state index contributed by atoms with van der Waals surface area (Å²) >= 11 is 1.24. The molecular formula is C13H20N4OS. The first-order valence-electron chi connectivity index (χ1n) is 6.99. The summed E-state index contributed by atoms with van der Waals surface area (Å²) in [5.41, 5.74) is 0.841. The van der Waals surface area contributed by atoms with Gasteiger partial charge < -0.3 is 9.80 Å². The van der Waals surface area contributed by atoms with Crippen LogP contribution < -0.4 is 0 Å². The Balaban J connectivity index is 1.64. The number of amides is 1. The first-order valence-corrected chi connectivity index (χ1v) is 7.83. The molecular weight excluding hydrogens is 260 g/mol. The minimum atomic E-state index is 0.0436. The summed E-state index contributed by atoms with van der Waals surface area (Å²) in [6.45, 7) is 2.89. The van der Waals surface area contributed by atoms with Gasteiger partial charge in [0.1, 0.15) is 0 Å². The summed E-state index contributed by atoms with van der Waals surface area (Å²) in [6.07, 6.45) is 6.10. The topological polar surface area (TPSA) is 49.3 Å². The second-order valence-electron chi connectivity index (χ2n) is 5.69. The van der Waals surface area contributed by atoms with Crippen LogP contribution in [0.2, 0.25) is 0 Å². The lowest BCUT2D eigenvalue weighted by Crippen LogP contribution is -2.56. The zero-order chi connectivity index (χ0) is 13.3. The number of piperidine rings is 2. The Labute approximate surface area is 117 Å². The normalized spacial score (nSPS) is 23.7. The molecule has 0 saturated carbocycles. The minimum absolute atomic E-state index is 0.0436. The van der Waals surface area contributed by atoms with Crippen LogP contribution in [0, 0.1) is 0 Å². The standard InChI is InChI=1S/C13H20N4OS/c1-16-7-3-2-4-13(16)5-8-17(9-6-13)12(18)11-10-19-15-14-11/h10H,2-9H2,1H3. The molecule has 3 rings (SSSR count). The van der Waals surface area contributed by atoms with E-state index in [2.05, 4.69) is 21.5 Å². The molecule has 2 aliphatic rings. The van der Waals surface area contributed by atoms with Crippen LogP contribution in [0.25, 0.3) is 0 Å². The fourth-order valence-electron chi connectivity index (χ4n) is 3.41. The maximum Gasteiger partial charge on any atom is 0.275 e. The Morgan fingerprint density at radius 3 is 2.68 bits per heavy atom. The van der Waals surface area contributed by atoms with Gasteiger partial charge in [0.25, 0.3) is 5.91 Å². The fourth-order valence-corrected chi connectivity index (χ4v) is 3.84. The van der Waals surface area contributed by atoms with E-state index >= 15 is 0 Å². The van der Waals surface area contributed by atoms with E-state index in [-0.39, 0.29) is 5.91 Å². The van der Waals surface area contributed by atoms with Gasteiger partial charge in [0.2, 0.25) is 0 Å². The summed E-state index contributed by atoms with van der Waals surface area (Å²) in [5, 5.41) is 5.61. The van der Waals surface area contributed by atoms with Gasteiger partial charge >= 0.3 is 0 Å². The van der Waals surface area contributed by atoms with Crippen molar-refractivity contribution in [2.75, 3.05) is 26.7 Å². The third-order valence-electron chi connectivity index (χ3n) is 4.76. The van der Waals surface area contributed by atoms with Gasteiger partial charge in [0.05, 0.1) is 0 Å². The van der Waals surface area contributed by atoms with Crippen molar-refractivity contribution in [3.05, 3.63) is 11.1 Å². The zero-order valence-electron chi connectivity index (χ0n) is 11.3. The Hall–Kier alpha value is -1.01. The number of hydrogen-bond donors (Lipinski definition) is 0. The van der Waals surface area contributed by atoms with E-state index in [0.717, 1.165) is 25.9 Å². The molecule has 3 heterocycles. The number of aromatic nitrogens is 2. The summed E-state index contributed by atoms with van der Waals surface area (Å²) in [6, 6.07) is 0. The maximum atomic E-state index is 12.2. The zero-order valence-corrected chi connectivity index (χ0v) is 12.2. The molecule has 0 atom stereocenters. The molecule has 0 N–H and O–H groups in total. The Bertz CT molecular complexity index is 440. The number of likely N-dealkylation sites (tertiary alicyclic amines) is 2. The number of hydrogen-bond acceptors (Lipinski definition) is 5. The fraction of sp³-hybridized carbons (Fsp3) is 0.769. The highest BCUT2D eigenvalue weighted by molar-refractivity contribution is 7.03. The van der Waals surface area contributed by atoms with Gasteiger partial charge in [-0.15, -0.1) is 5.10 Å². The van der Waals surface area contributed by atoms with Crippen LogP contribution in [0.1, 0.15) is 42.6 Å². The second-order valence-corrected chi connectivity index (χ2v) is 6.30. The lowest BCUT2D eigenvalue weighted by Gasteiger charge is -2.50. The summed E-state index contributed by atoms with van der Waals surface area (Å²) in [4.78, 5) is 16.7. The molecule has 0 radical (unpaired) electrons. The summed E-state index contributed by atoms with van der Waals surface area (Å²) in [7, 11) is 2.24. The van der Waals surface area contributed by atoms with E-state index in [4.69, 9.17) is 0 Å². The van der Waals surface area contributed by atoms with Crippen LogP contribution in [0.3, 0.4) is 0 Å². The SMILES string of the molecule is CN1CCCCC12CCN(C(=O)c1csnn1)CC2. The molecule has 1 spiro atoms. The van der Waals surface area contributed by atoms with Crippen molar-refractivity contribution in [1.29, 1.82) is 0 Å². The second kappa shape index (κ2) is 5.17. The van der Waals surface area contributed by atoms with Crippen molar-refractivity contribution < 1.29 is 4.79 Å². The van der Waals surface area contributed by atoms with E-state index in [0.29, 0.717) is 11.2 Å². The molecule has 1 amide bonds. The highest BCUT2D eigenvalue weighted by atomic mass is 32.1. The van der Waals surface area contributed by atoms with Gasteiger partial charge in [-0.1, -0.05) is 10.9 Å². The first kappa shape index (κ1) is 13.0. The Kier molecular flexibility index (Phi) is 3.54. The van der Waals surface area contributed by atoms with Gasteiger partial charge in [0, 0.05) is 24.0 Å². The molecule has 0 unspecified atom stereocenters. The van der Waals surface area contributed by atoms with Crippen molar-refractivity contribution in [2.24, 2.45) is 0 Å². The average molecular weight is 280 g/mol. The highest BCUT2D eigenvalue weighted by Gasteiger charge is 2.40. The van der Waals surface area contributed by atoms with E-state index in [1.807, 2.05) is 4.90 Å². The molecule has 0 bridgehead atoms. The summed E-state index contributed by atoms with van der Waals surface area (Å²) < 4.78 is 3.77. The first-order chi connectivity index (χ1) is 9.21. The number of carbonyl (C=O) groups is 1. The van der Waals surface area contributed by atoms with Gasteiger partial charge in [-0.05, 0) is 50.8 Å². The van der Waals surface area contributed by atoms with E-state index in [1.54, 1.807) is 5.38 Å². The predicted octanol–water partition coefficient (Wildman–Crippen LogP) is 1.63. The molecule has 1 aromatic rings. The van der Waals surface area contributed by atoms with Crippen LogP contribution >= 0.6 is 11.5 Å². The monoisotopic (exact) mass is 280 g/mol. The van der Waals surface area contributed by atoms with Crippen molar-refractivity contribution in [2.45, 2.75) is 37.6 Å². The van der Waals surface area contributed by atoms with Crippen LogP contribution in [0.4, 0.5) is 0 Å². The molecule has 2 saturated heterocycles. The molecule has 0 aliphatic carbocycles. The number of carbonyl (C=O) groups excluding carboxylic acids is 1. The van der Waals surface area contributed by atoms with Crippen molar-refractivity contribution in [3.8, 4) is 0 Å². The van der Waals surface area contributed by atoms with Crippen LogP contribution in [0.5, 0.6) is 0 Å². The third kappa shape index (κ3) is 2.39. The van der Waals surface area contributed by atoms with Gasteiger partial charge in [0.15, 0.2) is 5.69 Å². The predicted molar refractivity (Wildman–Crippen MR) is 74.3 cm³/mol. The Morgan fingerprint density at radius 1 is 1.26 bits per heavy atom. The lowest BCUT2D eigenvalue weighted by molar-refractivity contribution is 0.0109. The molecule has 5 nitrogen and oxygen atoms in total. The Morgan fingerprint density at radius 2 is 2.05 bits per heavy atom. The lowest BCUT2D eigenvalue weighted by atomic mass is 9.79. The molecule has 19 heavy (non-hydrogen) atoms. The van der Waals surface area contributed by atoms with E-state index in [9.17, 15) is 4.79 Å². The van der Waals surface area contributed by atoms with Gasteiger partial charge in [-0.3, -0.25) is 4.79 Å². The third-order valence-corrected chi connectivity index (χ3v) is 5.26. The molecule has 2 fully saturated rings. The van der Waals surface area contributed by atoms with Gasteiger partial charge in [-0.2, -0.15) is 0 Å². The van der Waals surface area contributed by atoms with Gasteiger partial charge in [-0.25, -0.2) is 0 Å². The number of rotatable bonds is 1. The maximum absolute atomic E-state index is 12.2. The van der Waals surface area contributed by atoms with Crippen molar-refractivity contribution in [1.82, 2.24) is 19.4 Å². The van der Waals surface area contributed by atoms with E-state index < -0.39 is 0 Å². The molecule has 6 heteroatoms. The molecule has 1 aromatic heterocycles. The molecule has 2 aliphatic heterocycles. The van der Waals surface area contributed by atoms with Crippen molar-refractivity contribution in [3.63, 3.8) is 0 Å². The highest BCUT2D eigenvalue weighted by Crippen LogP contribution is 2.36. The average Bonchev–Trinajstić information content (AvgIpc) is 2.96. The van der Waals surface area contributed by atoms with Crippen LogP contribution in [0.15, 0.2) is 5.38 Å². The largest absolute Gasteiger partial charge is 0.337 e. The van der Waals surface area contributed by atoms with Crippen molar-refractivity contribution >= 4 is 17.4 Å². The quantitative estimate of drug-likeness (QED) is 0.784. The minimum Gasteiger partial charge on any atom is -0.337 e. The number of nitrogens with zero attached hydrogens (tertiary/aromatic N) is 4. The smallest absolute Gasteiger partial charge is 0.275 e. The molecule has 0 aromatic carbocycles. The molecule has 104 valence electrons.